The van der Waals surface area contributed by atoms with Crippen molar-refractivity contribution in [2.24, 2.45) is 0 Å². The molecule has 0 saturated heterocycles. The highest BCUT2D eigenvalue weighted by molar-refractivity contribution is 5.60. The Balaban J connectivity index is 1.67. The molecule has 2 rings (SSSR count). The Hall–Kier alpha value is -1.90. The molecule has 0 saturated carbocycles. The number of hydrogen-bond acceptors (Lipinski definition) is 2. The fraction of sp³-hybridized carbons (Fsp3) is 0.621. The van der Waals surface area contributed by atoms with E-state index in [0.29, 0.717) is 12.8 Å². The van der Waals surface area contributed by atoms with Crippen LogP contribution in [-0.4, -0.2) is 17.8 Å². The summed E-state index contributed by atoms with van der Waals surface area (Å²) in [6.07, 6.45) is 16.8. The summed E-state index contributed by atoms with van der Waals surface area (Å²) < 4.78 is 20.0. The zero-order valence-electron chi connectivity index (χ0n) is 20.5. The zero-order valence-corrected chi connectivity index (χ0v) is 20.5. The van der Waals surface area contributed by atoms with Crippen molar-refractivity contribution in [3.05, 3.63) is 48.2 Å². The molecule has 0 radical (unpaired) electrons. The van der Waals surface area contributed by atoms with Gasteiger partial charge in [-0.2, -0.15) is 0 Å². The van der Waals surface area contributed by atoms with Gasteiger partial charge in [0.15, 0.2) is 0 Å². The summed E-state index contributed by atoms with van der Waals surface area (Å²) in [5.74, 6) is 0.917. The monoisotopic (exact) mass is 441 g/mol. The normalized spacial score (nSPS) is 12.1. The van der Waals surface area contributed by atoms with Crippen molar-refractivity contribution in [3.8, 4) is 17.0 Å². The van der Waals surface area contributed by atoms with Crippen molar-refractivity contribution in [2.45, 2.75) is 110 Å². The fourth-order valence-corrected chi connectivity index (χ4v) is 3.97. The lowest BCUT2D eigenvalue weighted by Crippen LogP contribution is -2.02. The van der Waals surface area contributed by atoms with Crippen molar-refractivity contribution in [1.29, 1.82) is 0 Å². The molecule has 1 unspecified atom stereocenters. The number of halogens is 1. The molecule has 0 fully saturated rings. The van der Waals surface area contributed by atoms with Gasteiger partial charge >= 0.3 is 0 Å². The summed E-state index contributed by atoms with van der Waals surface area (Å²) in [6.45, 7) is 5.24. The number of alkyl halides is 1. The number of rotatable bonds is 18. The molecule has 1 heterocycles. The third-order valence-corrected chi connectivity index (χ3v) is 6.11. The van der Waals surface area contributed by atoms with Gasteiger partial charge in [-0.25, -0.2) is 4.39 Å². The molecular formula is C29H44FNO. The first-order valence-corrected chi connectivity index (χ1v) is 13.0. The summed E-state index contributed by atoms with van der Waals surface area (Å²) in [5, 5.41) is 0. The number of ether oxygens (including phenoxy) is 1. The Morgan fingerprint density at radius 3 is 2.06 bits per heavy atom. The molecule has 1 aromatic heterocycles. The Morgan fingerprint density at radius 1 is 0.750 bits per heavy atom. The summed E-state index contributed by atoms with van der Waals surface area (Å²) in [4.78, 5) is 4.60. The van der Waals surface area contributed by atoms with Gasteiger partial charge in [0.2, 0.25) is 0 Å². The highest BCUT2D eigenvalue weighted by atomic mass is 19.1. The lowest BCUT2D eigenvalue weighted by atomic mass is 10.0. The number of pyridine rings is 1. The van der Waals surface area contributed by atoms with Crippen LogP contribution in [0.5, 0.6) is 5.75 Å². The quantitative estimate of drug-likeness (QED) is 0.215. The van der Waals surface area contributed by atoms with Crippen LogP contribution in [0.2, 0.25) is 0 Å². The van der Waals surface area contributed by atoms with Crippen molar-refractivity contribution >= 4 is 0 Å². The highest BCUT2D eigenvalue weighted by Crippen LogP contribution is 2.22. The average Bonchev–Trinajstić information content (AvgIpc) is 2.83. The molecule has 178 valence electrons. The minimum absolute atomic E-state index is 0.598. The second-order valence-corrected chi connectivity index (χ2v) is 9.03. The first-order chi connectivity index (χ1) is 15.7. The lowest BCUT2D eigenvalue weighted by molar-refractivity contribution is 0.287. The second kappa shape index (κ2) is 16.7. The van der Waals surface area contributed by atoms with E-state index in [1.807, 2.05) is 24.4 Å². The third-order valence-electron chi connectivity index (χ3n) is 6.11. The van der Waals surface area contributed by atoms with Crippen molar-refractivity contribution in [2.75, 3.05) is 6.61 Å². The van der Waals surface area contributed by atoms with E-state index >= 15 is 0 Å². The van der Waals surface area contributed by atoms with Crippen LogP contribution < -0.4 is 4.74 Å². The van der Waals surface area contributed by atoms with Gasteiger partial charge in [0.1, 0.15) is 11.9 Å². The van der Waals surface area contributed by atoms with E-state index in [1.54, 1.807) is 0 Å². The maximum Gasteiger partial charge on any atom is 0.119 e. The first kappa shape index (κ1) is 26.4. The van der Waals surface area contributed by atoms with Gasteiger partial charge in [-0.3, -0.25) is 4.98 Å². The smallest absolute Gasteiger partial charge is 0.119 e. The van der Waals surface area contributed by atoms with Gasteiger partial charge in [-0.05, 0) is 61.6 Å². The molecule has 0 amide bonds. The Bertz CT molecular complexity index is 698. The van der Waals surface area contributed by atoms with Crippen molar-refractivity contribution in [1.82, 2.24) is 4.98 Å². The molecule has 0 bridgehead atoms. The molecule has 0 N–H and O–H groups in total. The van der Waals surface area contributed by atoms with Crippen LogP contribution in [0.3, 0.4) is 0 Å². The molecule has 0 aliphatic heterocycles. The van der Waals surface area contributed by atoms with Gasteiger partial charge in [0, 0.05) is 11.8 Å². The van der Waals surface area contributed by atoms with Crippen LogP contribution in [-0.2, 0) is 6.42 Å². The van der Waals surface area contributed by atoms with Gasteiger partial charge < -0.3 is 4.74 Å². The van der Waals surface area contributed by atoms with E-state index in [2.05, 4.69) is 37.0 Å². The van der Waals surface area contributed by atoms with Crippen LogP contribution in [0.1, 0.15) is 103 Å². The number of benzene rings is 1. The molecular weight excluding hydrogens is 397 g/mol. The van der Waals surface area contributed by atoms with Crippen LogP contribution >= 0.6 is 0 Å². The Kier molecular flexibility index (Phi) is 13.7. The van der Waals surface area contributed by atoms with Crippen LogP contribution in [0, 0.1) is 0 Å². The minimum Gasteiger partial charge on any atom is -0.494 e. The Morgan fingerprint density at radius 2 is 1.41 bits per heavy atom. The molecule has 3 heteroatoms. The van der Waals surface area contributed by atoms with E-state index in [0.717, 1.165) is 48.4 Å². The van der Waals surface area contributed by atoms with E-state index < -0.39 is 6.17 Å². The van der Waals surface area contributed by atoms with Gasteiger partial charge in [0.25, 0.3) is 0 Å². The molecule has 1 aromatic carbocycles. The second-order valence-electron chi connectivity index (χ2n) is 9.03. The number of aryl methyl sites for hydroxylation is 1. The molecule has 2 nitrogen and oxygen atoms in total. The van der Waals surface area contributed by atoms with Crippen molar-refractivity contribution in [3.63, 3.8) is 0 Å². The number of hydrogen-bond donors (Lipinski definition) is 0. The van der Waals surface area contributed by atoms with E-state index in [1.165, 1.54) is 57.8 Å². The molecule has 0 aliphatic carbocycles. The van der Waals surface area contributed by atoms with Gasteiger partial charge in [0.05, 0.1) is 12.3 Å². The van der Waals surface area contributed by atoms with E-state index in [-0.39, 0.29) is 0 Å². The van der Waals surface area contributed by atoms with Crippen molar-refractivity contribution < 1.29 is 9.13 Å². The molecule has 0 aliphatic rings. The first-order valence-electron chi connectivity index (χ1n) is 13.0. The number of aromatic nitrogens is 1. The van der Waals surface area contributed by atoms with Crippen LogP contribution in [0.4, 0.5) is 4.39 Å². The maximum absolute atomic E-state index is 14.2. The van der Waals surface area contributed by atoms with E-state index in [4.69, 9.17) is 4.74 Å². The lowest BCUT2D eigenvalue weighted by Gasteiger charge is -2.09. The molecule has 2 aromatic rings. The molecule has 32 heavy (non-hydrogen) atoms. The highest BCUT2D eigenvalue weighted by Gasteiger charge is 2.08. The topological polar surface area (TPSA) is 22.1 Å². The standard InChI is InChI=1S/C29H44FNO/c1-3-5-7-9-10-12-14-27(30)19-15-25-16-22-29(31-24-25)26-17-20-28(21-18-26)32-23-13-11-8-6-4-2/h16-18,20-22,24,27H,3-15,19,23H2,1-2H3. The molecule has 1 atom stereocenters. The molecule has 0 spiro atoms. The number of nitrogens with zero attached hydrogens (tertiary/aromatic N) is 1. The van der Waals surface area contributed by atoms with Gasteiger partial charge in [-0.15, -0.1) is 0 Å². The largest absolute Gasteiger partial charge is 0.494 e. The maximum atomic E-state index is 14.2. The minimum atomic E-state index is -0.694. The average molecular weight is 442 g/mol. The Labute approximate surface area is 196 Å². The van der Waals surface area contributed by atoms with E-state index in [9.17, 15) is 4.39 Å². The van der Waals surface area contributed by atoms with Crippen LogP contribution in [0.15, 0.2) is 42.6 Å². The number of unbranched alkanes of at least 4 members (excludes halogenated alkanes) is 9. The summed E-state index contributed by atoms with van der Waals surface area (Å²) in [5.41, 5.74) is 3.14. The predicted octanol–water partition coefficient (Wildman–Crippen LogP) is 9.12. The summed E-state index contributed by atoms with van der Waals surface area (Å²) >= 11 is 0. The predicted molar refractivity (Wildman–Crippen MR) is 135 cm³/mol. The summed E-state index contributed by atoms with van der Waals surface area (Å²) in [7, 11) is 0. The summed E-state index contributed by atoms with van der Waals surface area (Å²) in [6, 6.07) is 12.3. The van der Waals surface area contributed by atoms with Crippen LogP contribution in [0.25, 0.3) is 11.3 Å². The third kappa shape index (κ3) is 11.1. The fourth-order valence-electron chi connectivity index (χ4n) is 3.97. The SMILES string of the molecule is CCCCCCCCC(F)CCc1ccc(-c2ccc(OCCCCCCC)cc2)nc1. The zero-order chi connectivity index (χ0) is 22.9. The van der Waals surface area contributed by atoms with Gasteiger partial charge in [-0.1, -0.05) is 84.1 Å².